The van der Waals surface area contributed by atoms with Crippen molar-refractivity contribution in [1.82, 2.24) is 14.4 Å². The van der Waals surface area contributed by atoms with Crippen LogP contribution >= 0.6 is 0 Å². The van der Waals surface area contributed by atoms with Crippen LogP contribution < -0.4 is 0 Å². The lowest BCUT2D eigenvalue weighted by molar-refractivity contribution is -0.384. The highest BCUT2D eigenvalue weighted by Gasteiger charge is 2.34. The third-order valence-electron chi connectivity index (χ3n) is 5.97. The highest BCUT2D eigenvalue weighted by Crippen LogP contribution is 2.34. The minimum absolute atomic E-state index is 0.147. The number of hydrogen-bond acceptors (Lipinski definition) is 4. The van der Waals surface area contributed by atoms with Crippen LogP contribution in [0.3, 0.4) is 0 Å². The smallest absolute Gasteiger partial charge is 0.270 e. The molecule has 0 spiro atoms. The summed E-state index contributed by atoms with van der Waals surface area (Å²) in [6.07, 6.45) is 2.51. The highest BCUT2D eigenvalue weighted by molar-refractivity contribution is 5.97. The van der Waals surface area contributed by atoms with Crippen molar-refractivity contribution in [2.45, 2.75) is 25.9 Å². The van der Waals surface area contributed by atoms with Gasteiger partial charge in [0.05, 0.1) is 4.92 Å². The number of benzene rings is 2. The molecule has 2 heterocycles. The number of hydrogen-bond donors (Lipinski definition) is 0. The molecule has 1 atom stereocenters. The summed E-state index contributed by atoms with van der Waals surface area (Å²) in [7, 11) is 0. The molecule has 176 valence electrons. The molecule has 9 heteroatoms. The lowest BCUT2D eigenvalue weighted by Gasteiger charge is -2.38. The molecule has 0 saturated carbocycles. The van der Waals surface area contributed by atoms with E-state index in [4.69, 9.17) is 0 Å². The van der Waals surface area contributed by atoms with Crippen LogP contribution in [0, 0.1) is 15.9 Å². The second-order valence-electron chi connectivity index (χ2n) is 8.17. The second-order valence-corrected chi connectivity index (χ2v) is 8.17. The van der Waals surface area contributed by atoms with Crippen LogP contribution in [-0.2, 0) is 11.3 Å². The molecule has 34 heavy (non-hydrogen) atoms. The average molecular weight is 464 g/mol. The number of rotatable bonds is 7. The largest absolute Gasteiger partial charge is 0.348 e. The minimum Gasteiger partial charge on any atom is -0.348 e. The predicted molar refractivity (Wildman–Crippen MR) is 124 cm³/mol. The van der Waals surface area contributed by atoms with E-state index in [2.05, 4.69) is 0 Å². The Labute approximate surface area is 196 Å². The Morgan fingerprint density at radius 2 is 1.91 bits per heavy atom. The lowest BCUT2D eigenvalue weighted by atomic mass is 9.99. The van der Waals surface area contributed by atoms with E-state index in [1.165, 1.54) is 35.2 Å². The molecule has 1 aliphatic heterocycles. The lowest BCUT2D eigenvalue weighted by Crippen LogP contribution is -2.48. The van der Waals surface area contributed by atoms with Gasteiger partial charge in [0.15, 0.2) is 0 Å². The number of nitrogens with zero attached hydrogens (tertiary/aromatic N) is 4. The number of non-ortho nitro benzene ring substituents is 1. The number of fused-ring (bicyclic) bond motifs is 1. The van der Waals surface area contributed by atoms with Gasteiger partial charge in [-0.3, -0.25) is 19.7 Å². The Balaban J connectivity index is 1.62. The molecule has 1 aromatic heterocycles. The van der Waals surface area contributed by atoms with Crippen molar-refractivity contribution in [2.75, 3.05) is 19.6 Å². The monoisotopic (exact) mass is 464 g/mol. The first-order chi connectivity index (χ1) is 16.4. The Morgan fingerprint density at radius 3 is 2.65 bits per heavy atom. The van der Waals surface area contributed by atoms with Crippen molar-refractivity contribution in [1.29, 1.82) is 0 Å². The Kier molecular flexibility index (Phi) is 6.72. The number of aromatic nitrogens is 1. The molecule has 8 nitrogen and oxygen atoms in total. The topological polar surface area (TPSA) is 88.7 Å². The molecule has 0 N–H and O–H groups in total. The molecular formula is C25H25FN4O4. The van der Waals surface area contributed by atoms with Crippen LogP contribution in [-0.4, -0.2) is 50.7 Å². The maximum Gasteiger partial charge on any atom is 0.270 e. The molecule has 1 unspecified atom stereocenters. The summed E-state index contributed by atoms with van der Waals surface area (Å²) in [4.78, 5) is 40.2. The summed E-state index contributed by atoms with van der Waals surface area (Å²) < 4.78 is 16.8. The number of nitro groups is 1. The molecule has 0 saturated heterocycles. The summed E-state index contributed by atoms with van der Waals surface area (Å²) in [5.74, 6) is -1.17. The normalized spacial score (nSPS) is 15.0. The van der Waals surface area contributed by atoms with Crippen LogP contribution in [0.1, 0.15) is 41.0 Å². The Bertz CT molecular complexity index is 1220. The SMILES string of the molecule is CCCN(CC(=O)N1CCn2cccc2C1c1ccccc1F)C(=O)c1cccc([N+](=O)[O-])c1. The molecule has 4 rings (SSSR count). The van der Waals surface area contributed by atoms with Crippen LogP contribution in [0.4, 0.5) is 10.1 Å². The molecule has 3 aromatic rings. The van der Waals surface area contributed by atoms with E-state index in [1.54, 1.807) is 23.1 Å². The van der Waals surface area contributed by atoms with Crippen molar-refractivity contribution < 1.29 is 18.9 Å². The standard InChI is InChI=1S/C25H25FN4O4/c1-2-12-28(25(32)18-7-5-8-19(16-18)30(33)34)17-23(31)29-15-14-27-13-6-11-22(27)24(29)20-9-3-4-10-21(20)26/h3-11,13,16,24H,2,12,14-15,17H2,1H3. The van der Waals surface area contributed by atoms with Crippen molar-refractivity contribution in [2.24, 2.45) is 0 Å². The summed E-state index contributed by atoms with van der Waals surface area (Å²) >= 11 is 0. The van der Waals surface area contributed by atoms with Crippen molar-refractivity contribution >= 4 is 17.5 Å². The second kappa shape index (κ2) is 9.86. The van der Waals surface area contributed by atoms with Gasteiger partial charge in [-0.25, -0.2) is 4.39 Å². The Morgan fingerprint density at radius 1 is 1.12 bits per heavy atom. The number of amides is 2. The molecule has 0 aliphatic carbocycles. The summed E-state index contributed by atoms with van der Waals surface area (Å²) in [6, 6.07) is 15.0. The zero-order chi connectivity index (χ0) is 24.2. The van der Waals surface area contributed by atoms with Crippen molar-refractivity contribution in [3.8, 4) is 0 Å². The van der Waals surface area contributed by atoms with E-state index >= 15 is 0 Å². The third kappa shape index (κ3) is 4.54. The van der Waals surface area contributed by atoms with Gasteiger partial charge < -0.3 is 14.4 Å². The molecule has 2 aromatic carbocycles. The maximum atomic E-state index is 14.8. The molecule has 0 fully saturated rings. The van der Waals surface area contributed by atoms with Gasteiger partial charge in [0.2, 0.25) is 5.91 Å². The maximum absolute atomic E-state index is 14.8. The van der Waals surface area contributed by atoms with Crippen molar-refractivity contribution in [3.05, 3.63) is 99.6 Å². The van der Waals surface area contributed by atoms with E-state index in [0.717, 1.165) is 5.69 Å². The number of halogens is 1. The van der Waals surface area contributed by atoms with Gasteiger partial charge >= 0.3 is 0 Å². The number of nitro benzene ring substituents is 1. The molecule has 0 bridgehead atoms. The molecular weight excluding hydrogens is 439 g/mol. The predicted octanol–water partition coefficient (Wildman–Crippen LogP) is 4.02. The van der Waals surface area contributed by atoms with Gasteiger partial charge in [0, 0.05) is 54.8 Å². The van der Waals surface area contributed by atoms with Gasteiger partial charge in [0.25, 0.3) is 11.6 Å². The average Bonchev–Trinajstić information content (AvgIpc) is 3.32. The number of carbonyl (C=O) groups excluding carboxylic acids is 2. The Hall–Kier alpha value is -4.01. The van der Waals surface area contributed by atoms with Crippen LogP contribution in [0.5, 0.6) is 0 Å². The fourth-order valence-electron chi connectivity index (χ4n) is 4.39. The summed E-state index contributed by atoms with van der Waals surface area (Å²) in [5.41, 5.74) is 1.15. The van der Waals surface area contributed by atoms with Crippen LogP contribution in [0.25, 0.3) is 0 Å². The zero-order valence-electron chi connectivity index (χ0n) is 18.8. The molecule has 0 radical (unpaired) electrons. The van der Waals surface area contributed by atoms with Gasteiger partial charge in [-0.1, -0.05) is 31.2 Å². The van der Waals surface area contributed by atoms with E-state index < -0.39 is 22.7 Å². The third-order valence-corrected chi connectivity index (χ3v) is 5.97. The number of carbonyl (C=O) groups is 2. The first-order valence-corrected chi connectivity index (χ1v) is 11.1. The van der Waals surface area contributed by atoms with E-state index in [9.17, 15) is 24.1 Å². The van der Waals surface area contributed by atoms with E-state index in [-0.39, 0.29) is 23.7 Å². The van der Waals surface area contributed by atoms with Gasteiger partial charge in [-0.2, -0.15) is 0 Å². The van der Waals surface area contributed by atoms with Gasteiger partial charge in [-0.15, -0.1) is 0 Å². The quantitative estimate of drug-likeness (QED) is 0.390. The highest BCUT2D eigenvalue weighted by atomic mass is 19.1. The summed E-state index contributed by atoms with van der Waals surface area (Å²) in [6.45, 7) is 2.91. The van der Waals surface area contributed by atoms with Crippen LogP contribution in [0.2, 0.25) is 0 Å². The van der Waals surface area contributed by atoms with Gasteiger partial charge in [-0.05, 0) is 30.7 Å². The first kappa shape index (κ1) is 23.2. The van der Waals surface area contributed by atoms with E-state index in [0.29, 0.717) is 31.6 Å². The van der Waals surface area contributed by atoms with Crippen LogP contribution in [0.15, 0.2) is 66.9 Å². The minimum atomic E-state index is -0.617. The molecule has 2 amide bonds. The fourth-order valence-corrected chi connectivity index (χ4v) is 4.39. The first-order valence-electron chi connectivity index (χ1n) is 11.1. The fraction of sp³-hybridized carbons (Fsp3) is 0.280. The van der Waals surface area contributed by atoms with E-state index in [1.807, 2.05) is 29.8 Å². The zero-order valence-corrected chi connectivity index (χ0v) is 18.8. The van der Waals surface area contributed by atoms with Gasteiger partial charge in [0.1, 0.15) is 18.4 Å². The molecule has 1 aliphatic rings. The summed E-state index contributed by atoms with van der Waals surface area (Å²) in [5, 5.41) is 11.1. The van der Waals surface area contributed by atoms with Crippen molar-refractivity contribution in [3.63, 3.8) is 0 Å².